The van der Waals surface area contributed by atoms with Gasteiger partial charge >= 0.3 is 6.18 Å². The van der Waals surface area contributed by atoms with Gasteiger partial charge in [0.1, 0.15) is 0 Å². The predicted octanol–water partition coefficient (Wildman–Crippen LogP) is 2.67. The monoisotopic (exact) mass is 331 g/mol. The van der Waals surface area contributed by atoms with E-state index in [0.717, 1.165) is 18.6 Å². The molecule has 2 atom stereocenters. The number of ether oxygens (including phenoxy) is 1. The van der Waals surface area contributed by atoms with Gasteiger partial charge in [0.25, 0.3) is 0 Å². The third-order valence-electron chi connectivity index (χ3n) is 3.88. The summed E-state index contributed by atoms with van der Waals surface area (Å²) < 4.78 is 43.7. The summed E-state index contributed by atoms with van der Waals surface area (Å²) in [5.41, 5.74) is -0.438. The van der Waals surface area contributed by atoms with E-state index in [9.17, 15) is 18.0 Å². The zero-order chi connectivity index (χ0) is 16.9. The summed E-state index contributed by atoms with van der Waals surface area (Å²) in [6.45, 7) is 0.708. The van der Waals surface area contributed by atoms with Crippen LogP contribution in [0.3, 0.4) is 0 Å². The first-order valence-corrected chi connectivity index (χ1v) is 7.58. The molecule has 1 heterocycles. The van der Waals surface area contributed by atoms with Crippen LogP contribution in [-0.4, -0.2) is 30.8 Å². The quantitative estimate of drug-likeness (QED) is 0.872. The molecule has 4 nitrogen and oxygen atoms in total. The molecule has 0 saturated carbocycles. The lowest BCUT2D eigenvalue weighted by atomic mass is 9.98. The number of halogens is 3. The van der Waals surface area contributed by atoms with Crippen LogP contribution in [0, 0.1) is 5.92 Å². The van der Waals surface area contributed by atoms with Crippen molar-refractivity contribution in [1.29, 1.82) is 0 Å². The normalized spacial score (nSPS) is 20.1. The number of carbonyl (C=O) groups excluding carboxylic acids is 1. The lowest BCUT2D eigenvalue weighted by Crippen LogP contribution is -2.38. The average Bonchev–Trinajstić information content (AvgIpc) is 2.54. The second kappa shape index (κ2) is 7.79. The second-order valence-corrected chi connectivity index (χ2v) is 5.61. The number of alkyl halides is 3. The number of benzene rings is 1. The maximum absolute atomic E-state index is 12.8. The Balaban J connectivity index is 2.12. The largest absolute Gasteiger partial charge is 0.416 e. The Labute approximate surface area is 132 Å². The van der Waals surface area contributed by atoms with Crippen molar-refractivity contribution in [2.45, 2.75) is 31.5 Å². The van der Waals surface area contributed by atoms with Crippen LogP contribution in [0.25, 0.3) is 0 Å². The number of hydrogen-bond donors (Lipinski definition) is 2. The SMILES string of the molecule is O=C(N[C@H](CCO)c1cccc(C(F)(F)F)c1)[C@H]1CCCOC1. The average molecular weight is 331 g/mol. The van der Waals surface area contributed by atoms with Crippen molar-refractivity contribution < 1.29 is 27.8 Å². The molecule has 0 bridgehead atoms. The van der Waals surface area contributed by atoms with Gasteiger partial charge in [-0.25, -0.2) is 0 Å². The molecule has 1 amide bonds. The highest BCUT2D eigenvalue weighted by molar-refractivity contribution is 5.79. The highest BCUT2D eigenvalue weighted by atomic mass is 19.4. The van der Waals surface area contributed by atoms with Gasteiger partial charge in [-0.2, -0.15) is 13.2 Å². The van der Waals surface area contributed by atoms with E-state index in [2.05, 4.69) is 5.32 Å². The topological polar surface area (TPSA) is 58.6 Å². The van der Waals surface area contributed by atoms with Gasteiger partial charge in [-0.15, -0.1) is 0 Å². The number of rotatable bonds is 5. The molecule has 2 rings (SSSR count). The molecule has 0 aromatic heterocycles. The molecule has 0 radical (unpaired) electrons. The zero-order valence-corrected chi connectivity index (χ0v) is 12.6. The molecular formula is C16H20F3NO3. The summed E-state index contributed by atoms with van der Waals surface area (Å²) in [6, 6.07) is 4.16. The summed E-state index contributed by atoms with van der Waals surface area (Å²) in [6.07, 6.45) is -2.81. The summed E-state index contributed by atoms with van der Waals surface area (Å²) >= 11 is 0. The van der Waals surface area contributed by atoms with Crippen LogP contribution in [-0.2, 0) is 15.7 Å². The fourth-order valence-electron chi connectivity index (χ4n) is 2.62. The van der Waals surface area contributed by atoms with Crippen LogP contribution in [0.5, 0.6) is 0 Å². The van der Waals surface area contributed by atoms with Crippen LogP contribution in [0.2, 0.25) is 0 Å². The molecular weight excluding hydrogens is 311 g/mol. The van der Waals surface area contributed by atoms with Gasteiger partial charge < -0.3 is 15.2 Å². The number of amides is 1. The van der Waals surface area contributed by atoms with E-state index in [1.807, 2.05) is 0 Å². The first kappa shape index (κ1) is 17.7. The standard InChI is InChI=1S/C16H20F3NO3/c17-16(18,19)13-5-1-3-11(9-13)14(6-7-21)20-15(22)12-4-2-8-23-10-12/h1,3,5,9,12,14,21H,2,4,6-8,10H2,(H,20,22)/t12-,14+/m0/s1. The van der Waals surface area contributed by atoms with E-state index in [0.29, 0.717) is 25.2 Å². The predicted molar refractivity (Wildman–Crippen MR) is 77.6 cm³/mol. The number of hydrogen-bond acceptors (Lipinski definition) is 3. The molecule has 128 valence electrons. The lowest BCUT2D eigenvalue weighted by molar-refractivity contribution is -0.137. The fraction of sp³-hybridized carbons (Fsp3) is 0.562. The number of aliphatic hydroxyl groups is 1. The molecule has 0 spiro atoms. The smallest absolute Gasteiger partial charge is 0.396 e. The van der Waals surface area contributed by atoms with Crippen LogP contribution in [0.15, 0.2) is 24.3 Å². The molecule has 2 N–H and O–H groups in total. The maximum atomic E-state index is 12.8. The van der Waals surface area contributed by atoms with E-state index >= 15 is 0 Å². The Bertz CT molecular complexity index is 528. The molecule has 23 heavy (non-hydrogen) atoms. The van der Waals surface area contributed by atoms with Gasteiger partial charge in [0, 0.05) is 13.2 Å². The third-order valence-corrected chi connectivity index (χ3v) is 3.88. The molecule has 1 aliphatic heterocycles. The van der Waals surface area contributed by atoms with Crippen molar-refractivity contribution in [2.24, 2.45) is 5.92 Å². The molecule has 7 heteroatoms. The van der Waals surface area contributed by atoms with Crippen molar-refractivity contribution >= 4 is 5.91 Å². The number of aliphatic hydroxyl groups excluding tert-OH is 1. The van der Waals surface area contributed by atoms with Gasteiger partial charge in [-0.05, 0) is 37.0 Å². The lowest BCUT2D eigenvalue weighted by Gasteiger charge is -2.25. The Morgan fingerprint density at radius 2 is 2.22 bits per heavy atom. The van der Waals surface area contributed by atoms with Gasteiger partial charge in [-0.3, -0.25) is 4.79 Å². The van der Waals surface area contributed by atoms with E-state index in [1.54, 1.807) is 0 Å². The second-order valence-electron chi connectivity index (χ2n) is 5.61. The minimum atomic E-state index is -4.44. The molecule has 0 unspecified atom stereocenters. The highest BCUT2D eigenvalue weighted by Crippen LogP contribution is 2.31. The maximum Gasteiger partial charge on any atom is 0.416 e. The zero-order valence-electron chi connectivity index (χ0n) is 12.6. The molecule has 1 saturated heterocycles. The van der Waals surface area contributed by atoms with Crippen molar-refractivity contribution in [3.05, 3.63) is 35.4 Å². The van der Waals surface area contributed by atoms with Crippen LogP contribution < -0.4 is 5.32 Å². The summed E-state index contributed by atoms with van der Waals surface area (Å²) in [5, 5.41) is 11.9. The Morgan fingerprint density at radius 3 is 2.83 bits per heavy atom. The van der Waals surface area contributed by atoms with Crippen molar-refractivity contribution in [3.8, 4) is 0 Å². The van der Waals surface area contributed by atoms with E-state index in [1.165, 1.54) is 12.1 Å². The Hall–Kier alpha value is -1.60. The van der Waals surface area contributed by atoms with Crippen molar-refractivity contribution in [3.63, 3.8) is 0 Å². The van der Waals surface area contributed by atoms with Crippen LogP contribution in [0.4, 0.5) is 13.2 Å². The molecule has 1 aromatic carbocycles. The van der Waals surface area contributed by atoms with Crippen LogP contribution in [0.1, 0.15) is 36.4 Å². The van der Waals surface area contributed by atoms with E-state index in [-0.39, 0.29) is 24.9 Å². The summed E-state index contributed by atoms with van der Waals surface area (Å²) in [4.78, 5) is 12.2. The minimum Gasteiger partial charge on any atom is -0.396 e. The minimum absolute atomic E-state index is 0.153. The summed E-state index contributed by atoms with van der Waals surface area (Å²) in [7, 11) is 0. The van der Waals surface area contributed by atoms with Crippen molar-refractivity contribution in [2.75, 3.05) is 19.8 Å². The van der Waals surface area contributed by atoms with Gasteiger partial charge in [0.05, 0.1) is 24.1 Å². The summed E-state index contributed by atoms with van der Waals surface area (Å²) in [5.74, 6) is -0.545. The first-order chi connectivity index (χ1) is 10.9. The van der Waals surface area contributed by atoms with E-state index in [4.69, 9.17) is 9.84 Å². The molecule has 1 fully saturated rings. The van der Waals surface area contributed by atoms with Crippen LogP contribution >= 0.6 is 0 Å². The van der Waals surface area contributed by atoms with Gasteiger partial charge in [-0.1, -0.05) is 12.1 Å². The Kier molecular flexibility index (Phi) is 6.01. The number of carbonyl (C=O) groups is 1. The third kappa shape index (κ3) is 4.94. The van der Waals surface area contributed by atoms with Gasteiger partial charge in [0.15, 0.2) is 0 Å². The van der Waals surface area contributed by atoms with E-state index < -0.39 is 17.8 Å². The van der Waals surface area contributed by atoms with Crippen molar-refractivity contribution in [1.82, 2.24) is 5.32 Å². The highest BCUT2D eigenvalue weighted by Gasteiger charge is 2.31. The number of nitrogens with one attached hydrogen (secondary N) is 1. The Morgan fingerprint density at radius 1 is 1.43 bits per heavy atom. The first-order valence-electron chi connectivity index (χ1n) is 7.58. The fourth-order valence-corrected chi connectivity index (χ4v) is 2.62. The molecule has 1 aliphatic rings. The molecule has 0 aliphatic carbocycles. The van der Waals surface area contributed by atoms with Gasteiger partial charge in [0.2, 0.25) is 5.91 Å². The molecule has 1 aromatic rings.